The molecule has 0 saturated carbocycles. The van der Waals surface area contributed by atoms with Crippen LogP contribution in [0.4, 0.5) is 5.69 Å². The summed E-state index contributed by atoms with van der Waals surface area (Å²) in [4.78, 5) is 11.6. The van der Waals surface area contributed by atoms with Gasteiger partial charge in [0.1, 0.15) is 0 Å². The number of halogens is 1. The largest absolute Gasteiger partial charge is 0.376 e. The number of nitrogens with one attached hydrogen (secondary N) is 2. The minimum atomic E-state index is -0.00118. The maximum absolute atomic E-state index is 11.6. The van der Waals surface area contributed by atoms with E-state index in [0.29, 0.717) is 5.02 Å². The summed E-state index contributed by atoms with van der Waals surface area (Å²) in [5, 5.41) is 6.65. The Morgan fingerprint density at radius 3 is 2.82 bits per heavy atom. The first-order valence-electron chi connectivity index (χ1n) is 5.82. The Kier molecular flexibility index (Phi) is 5.29. The van der Waals surface area contributed by atoms with Gasteiger partial charge in [-0.2, -0.15) is 0 Å². The van der Waals surface area contributed by atoms with E-state index in [2.05, 4.69) is 10.6 Å². The van der Waals surface area contributed by atoms with Crippen LogP contribution in [0.2, 0.25) is 5.02 Å². The highest BCUT2D eigenvalue weighted by atomic mass is 35.5. The first-order valence-corrected chi connectivity index (χ1v) is 6.20. The fraction of sp³-hybridized carbons (Fsp3) is 0.462. The number of amides is 1. The molecule has 4 heteroatoms. The predicted molar refractivity (Wildman–Crippen MR) is 72.6 cm³/mol. The van der Waals surface area contributed by atoms with Crippen LogP contribution in [0.1, 0.15) is 25.8 Å². The number of rotatable bonds is 5. The summed E-state index contributed by atoms with van der Waals surface area (Å²) >= 11 is 5.90. The highest BCUT2D eigenvalue weighted by molar-refractivity contribution is 6.30. The molecule has 0 saturated heterocycles. The maximum atomic E-state index is 11.6. The van der Waals surface area contributed by atoms with Gasteiger partial charge in [0.25, 0.3) is 0 Å². The van der Waals surface area contributed by atoms with Crippen LogP contribution in [0.15, 0.2) is 18.2 Å². The van der Waals surface area contributed by atoms with Gasteiger partial charge in [0.05, 0.1) is 6.54 Å². The molecule has 0 heterocycles. The normalized spacial score (nSPS) is 12.0. The highest BCUT2D eigenvalue weighted by Crippen LogP contribution is 2.19. The van der Waals surface area contributed by atoms with Crippen molar-refractivity contribution in [1.82, 2.24) is 5.32 Å². The number of carbonyl (C=O) groups excluding carboxylic acids is 1. The summed E-state index contributed by atoms with van der Waals surface area (Å²) in [6.07, 6.45) is 0.932. The SMILES string of the molecule is CCC(C)NC(=O)CNc1cc(Cl)ccc1C. The molecule has 2 N–H and O–H groups in total. The molecule has 0 spiro atoms. The van der Waals surface area contributed by atoms with Crippen molar-refractivity contribution in [2.45, 2.75) is 33.2 Å². The zero-order valence-electron chi connectivity index (χ0n) is 10.5. The Balaban J connectivity index is 2.50. The quantitative estimate of drug-likeness (QED) is 0.848. The second kappa shape index (κ2) is 6.50. The molecule has 1 rings (SSSR count). The average Bonchev–Trinajstić information content (AvgIpc) is 2.30. The van der Waals surface area contributed by atoms with Crippen molar-refractivity contribution < 1.29 is 4.79 Å². The van der Waals surface area contributed by atoms with Gasteiger partial charge in [-0.05, 0) is 38.0 Å². The smallest absolute Gasteiger partial charge is 0.239 e. The summed E-state index contributed by atoms with van der Waals surface area (Å²) in [5.41, 5.74) is 1.97. The Morgan fingerprint density at radius 2 is 2.18 bits per heavy atom. The Morgan fingerprint density at radius 1 is 1.47 bits per heavy atom. The molecule has 1 aromatic rings. The van der Waals surface area contributed by atoms with Crippen LogP contribution >= 0.6 is 11.6 Å². The molecule has 0 fully saturated rings. The molecule has 1 atom stereocenters. The summed E-state index contributed by atoms with van der Waals surface area (Å²) in [6, 6.07) is 5.80. The molecular weight excluding hydrogens is 236 g/mol. The number of carbonyl (C=O) groups is 1. The fourth-order valence-corrected chi connectivity index (χ4v) is 1.56. The summed E-state index contributed by atoms with van der Waals surface area (Å²) < 4.78 is 0. The van der Waals surface area contributed by atoms with Crippen LogP contribution in [0.5, 0.6) is 0 Å². The third kappa shape index (κ3) is 4.65. The summed E-state index contributed by atoms with van der Waals surface area (Å²) in [5.74, 6) is -0.00118. The van der Waals surface area contributed by atoms with Crippen molar-refractivity contribution in [2.24, 2.45) is 0 Å². The maximum Gasteiger partial charge on any atom is 0.239 e. The van der Waals surface area contributed by atoms with E-state index in [0.717, 1.165) is 17.7 Å². The van der Waals surface area contributed by atoms with Gasteiger partial charge in [0.15, 0.2) is 0 Å². The monoisotopic (exact) mass is 254 g/mol. The van der Waals surface area contributed by atoms with E-state index in [4.69, 9.17) is 11.6 Å². The molecule has 3 nitrogen and oxygen atoms in total. The molecule has 1 aromatic carbocycles. The van der Waals surface area contributed by atoms with E-state index in [-0.39, 0.29) is 18.5 Å². The Hall–Kier alpha value is -1.22. The fourth-order valence-electron chi connectivity index (χ4n) is 1.39. The van der Waals surface area contributed by atoms with Crippen LogP contribution in [-0.2, 0) is 4.79 Å². The number of aryl methyl sites for hydroxylation is 1. The molecule has 1 amide bonds. The zero-order chi connectivity index (χ0) is 12.8. The number of hydrogen-bond acceptors (Lipinski definition) is 2. The summed E-state index contributed by atoms with van der Waals surface area (Å²) in [7, 11) is 0. The lowest BCUT2D eigenvalue weighted by molar-refractivity contribution is -0.120. The van der Waals surface area contributed by atoms with Crippen LogP contribution in [0, 0.1) is 6.92 Å². The van der Waals surface area contributed by atoms with Gasteiger partial charge in [0.2, 0.25) is 5.91 Å². The number of benzene rings is 1. The molecule has 0 aliphatic rings. The zero-order valence-corrected chi connectivity index (χ0v) is 11.3. The van der Waals surface area contributed by atoms with Crippen molar-refractivity contribution in [3.63, 3.8) is 0 Å². The summed E-state index contributed by atoms with van der Waals surface area (Å²) in [6.45, 7) is 6.28. The van der Waals surface area contributed by atoms with Gasteiger partial charge in [-0.1, -0.05) is 24.6 Å². The lowest BCUT2D eigenvalue weighted by Gasteiger charge is -2.13. The van der Waals surface area contributed by atoms with Crippen molar-refractivity contribution in [1.29, 1.82) is 0 Å². The molecule has 0 aliphatic carbocycles. The van der Waals surface area contributed by atoms with Gasteiger partial charge >= 0.3 is 0 Å². The lowest BCUT2D eigenvalue weighted by atomic mass is 10.2. The van der Waals surface area contributed by atoms with Gasteiger partial charge in [-0.3, -0.25) is 4.79 Å². The molecule has 0 aromatic heterocycles. The predicted octanol–water partition coefficient (Wildman–Crippen LogP) is 2.98. The first-order chi connectivity index (χ1) is 8.02. The van der Waals surface area contributed by atoms with E-state index in [1.54, 1.807) is 0 Å². The topological polar surface area (TPSA) is 41.1 Å². The van der Waals surface area contributed by atoms with Crippen molar-refractivity contribution in [3.8, 4) is 0 Å². The third-order valence-electron chi connectivity index (χ3n) is 2.66. The molecular formula is C13H19ClN2O. The standard InChI is InChI=1S/C13H19ClN2O/c1-4-10(3)16-13(17)8-15-12-7-11(14)6-5-9(12)2/h5-7,10,15H,4,8H2,1-3H3,(H,16,17). The molecule has 0 aliphatic heterocycles. The highest BCUT2D eigenvalue weighted by Gasteiger charge is 2.06. The first kappa shape index (κ1) is 13.8. The molecule has 0 bridgehead atoms. The van der Waals surface area contributed by atoms with E-state index in [1.807, 2.05) is 39.0 Å². The van der Waals surface area contributed by atoms with Crippen LogP contribution < -0.4 is 10.6 Å². The van der Waals surface area contributed by atoms with Crippen molar-refractivity contribution in [3.05, 3.63) is 28.8 Å². The van der Waals surface area contributed by atoms with E-state index in [1.165, 1.54) is 0 Å². The second-order valence-electron chi connectivity index (χ2n) is 4.19. The molecule has 17 heavy (non-hydrogen) atoms. The molecule has 1 unspecified atom stereocenters. The minimum Gasteiger partial charge on any atom is -0.376 e. The van der Waals surface area contributed by atoms with Gasteiger partial charge in [0, 0.05) is 16.8 Å². The third-order valence-corrected chi connectivity index (χ3v) is 2.89. The Bertz CT molecular complexity index is 393. The van der Waals surface area contributed by atoms with Gasteiger partial charge < -0.3 is 10.6 Å². The lowest BCUT2D eigenvalue weighted by Crippen LogP contribution is -2.36. The Labute approximate surface area is 108 Å². The number of hydrogen-bond donors (Lipinski definition) is 2. The van der Waals surface area contributed by atoms with Crippen LogP contribution in [0.3, 0.4) is 0 Å². The van der Waals surface area contributed by atoms with Crippen LogP contribution in [0.25, 0.3) is 0 Å². The average molecular weight is 255 g/mol. The van der Waals surface area contributed by atoms with E-state index < -0.39 is 0 Å². The minimum absolute atomic E-state index is 0.00118. The van der Waals surface area contributed by atoms with Crippen molar-refractivity contribution >= 4 is 23.2 Å². The molecule has 94 valence electrons. The molecule has 0 radical (unpaired) electrons. The van der Waals surface area contributed by atoms with E-state index >= 15 is 0 Å². The van der Waals surface area contributed by atoms with Gasteiger partial charge in [-0.15, -0.1) is 0 Å². The number of anilines is 1. The van der Waals surface area contributed by atoms with E-state index in [9.17, 15) is 4.79 Å². The van der Waals surface area contributed by atoms with Crippen molar-refractivity contribution in [2.75, 3.05) is 11.9 Å². The van der Waals surface area contributed by atoms with Crippen LogP contribution in [-0.4, -0.2) is 18.5 Å². The van der Waals surface area contributed by atoms with Gasteiger partial charge in [-0.25, -0.2) is 0 Å². The second-order valence-corrected chi connectivity index (χ2v) is 4.63.